The number of alkyl halides is 2. The van der Waals surface area contributed by atoms with E-state index in [1.807, 2.05) is 12.3 Å². The first kappa shape index (κ1) is 22.9. The average Bonchev–Trinajstić information content (AvgIpc) is 3.06. The number of hydrogen-bond acceptors (Lipinski definition) is 2. The van der Waals surface area contributed by atoms with Crippen LogP contribution in [-0.4, -0.2) is 31.1 Å². The van der Waals surface area contributed by atoms with Gasteiger partial charge in [0, 0.05) is 37.2 Å². The molecule has 29 heavy (non-hydrogen) atoms. The van der Waals surface area contributed by atoms with Gasteiger partial charge >= 0.3 is 6.61 Å². The Morgan fingerprint density at radius 2 is 2.00 bits per heavy atom. The summed E-state index contributed by atoms with van der Waals surface area (Å²) in [6.07, 6.45) is 2.89. The summed E-state index contributed by atoms with van der Waals surface area (Å²) in [4.78, 5) is 7.51. The molecule has 0 bridgehead atoms. The molecule has 0 amide bonds. The predicted octanol–water partition coefficient (Wildman–Crippen LogP) is 4.60. The van der Waals surface area contributed by atoms with Crippen LogP contribution in [0.1, 0.15) is 16.7 Å². The molecule has 0 aliphatic heterocycles. The maximum atomic E-state index is 12.3. The summed E-state index contributed by atoms with van der Waals surface area (Å²) in [6, 6.07) is 13.0. The van der Waals surface area contributed by atoms with Crippen LogP contribution < -0.4 is 15.4 Å². The summed E-state index contributed by atoms with van der Waals surface area (Å²) < 4.78 is 29.1. The van der Waals surface area contributed by atoms with Gasteiger partial charge in [-0.3, -0.25) is 4.99 Å². The van der Waals surface area contributed by atoms with Crippen LogP contribution >= 0.6 is 24.0 Å². The van der Waals surface area contributed by atoms with Gasteiger partial charge in [-0.1, -0.05) is 24.3 Å². The Morgan fingerprint density at radius 3 is 2.76 bits per heavy atom. The van der Waals surface area contributed by atoms with Crippen molar-refractivity contribution < 1.29 is 13.5 Å². The molecule has 5 nitrogen and oxygen atoms in total. The minimum absolute atomic E-state index is 0. The first-order valence-corrected chi connectivity index (χ1v) is 9.10. The zero-order valence-electron chi connectivity index (χ0n) is 16.3. The van der Waals surface area contributed by atoms with E-state index in [9.17, 15) is 8.78 Å². The quantitative estimate of drug-likeness (QED) is 0.245. The molecule has 2 aromatic carbocycles. The molecule has 8 heteroatoms. The van der Waals surface area contributed by atoms with Crippen molar-refractivity contribution in [2.24, 2.45) is 4.99 Å². The second kappa shape index (κ2) is 11.0. The van der Waals surface area contributed by atoms with Crippen LogP contribution in [0.5, 0.6) is 5.75 Å². The van der Waals surface area contributed by atoms with Crippen molar-refractivity contribution in [3.63, 3.8) is 0 Å². The van der Waals surface area contributed by atoms with E-state index in [0.717, 1.165) is 24.0 Å². The third-order valence-corrected chi connectivity index (χ3v) is 4.42. The lowest BCUT2D eigenvalue weighted by Crippen LogP contribution is -2.37. The maximum Gasteiger partial charge on any atom is 0.387 e. The molecule has 3 rings (SSSR count). The van der Waals surface area contributed by atoms with Crippen molar-refractivity contribution in [2.45, 2.75) is 26.5 Å². The normalized spacial score (nSPS) is 11.4. The largest absolute Gasteiger partial charge is 0.435 e. The predicted molar refractivity (Wildman–Crippen MR) is 123 cm³/mol. The van der Waals surface area contributed by atoms with Crippen molar-refractivity contribution in [1.29, 1.82) is 0 Å². The Bertz CT molecular complexity index is 959. The fourth-order valence-electron chi connectivity index (χ4n) is 3.06. The van der Waals surface area contributed by atoms with Gasteiger partial charge in [0.05, 0.1) is 0 Å². The highest BCUT2D eigenvalue weighted by molar-refractivity contribution is 14.0. The summed E-state index contributed by atoms with van der Waals surface area (Å²) in [5, 5.41) is 7.68. The molecule has 0 fully saturated rings. The second-order valence-corrected chi connectivity index (χ2v) is 6.49. The molecule has 0 unspecified atom stereocenters. The van der Waals surface area contributed by atoms with E-state index in [1.54, 1.807) is 19.2 Å². The van der Waals surface area contributed by atoms with Gasteiger partial charge in [-0.25, -0.2) is 0 Å². The minimum atomic E-state index is -2.83. The molecule has 3 N–H and O–H groups in total. The Balaban J connectivity index is 0.00000300. The highest BCUT2D eigenvalue weighted by atomic mass is 127. The number of halogens is 3. The van der Waals surface area contributed by atoms with Crippen LogP contribution in [0.25, 0.3) is 10.9 Å². The third-order valence-electron chi connectivity index (χ3n) is 4.42. The highest BCUT2D eigenvalue weighted by Crippen LogP contribution is 2.19. The number of guanidine groups is 1. The summed E-state index contributed by atoms with van der Waals surface area (Å²) in [5.41, 5.74) is 4.44. The molecule has 0 aliphatic carbocycles. The van der Waals surface area contributed by atoms with Crippen molar-refractivity contribution in [3.05, 3.63) is 65.4 Å². The summed E-state index contributed by atoms with van der Waals surface area (Å²) >= 11 is 0. The smallest absolute Gasteiger partial charge is 0.387 e. The van der Waals surface area contributed by atoms with E-state index < -0.39 is 6.61 Å². The lowest BCUT2D eigenvalue weighted by atomic mass is 10.1. The Hall–Kier alpha value is -2.36. The number of aromatic nitrogens is 1. The molecule has 1 aromatic heterocycles. The molecule has 1 heterocycles. The van der Waals surface area contributed by atoms with Crippen LogP contribution in [-0.2, 0) is 13.0 Å². The number of nitrogens with one attached hydrogen (secondary N) is 3. The van der Waals surface area contributed by atoms with E-state index in [2.05, 4.69) is 50.5 Å². The zero-order valence-corrected chi connectivity index (χ0v) is 18.7. The van der Waals surface area contributed by atoms with Crippen molar-refractivity contribution in [2.75, 3.05) is 13.6 Å². The number of nitrogens with zero attached hydrogens (tertiary/aromatic N) is 1. The van der Waals surface area contributed by atoms with E-state index in [-0.39, 0.29) is 29.7 Å². The van der Waals surface area contributed by atoms with Crippen molar-refractivity contribution in [1.82, 2.24) is 15.6 Å². The molecular weight excluding hydrogens is 489 g/mol. The third kappa shape index (κ3) is 6.59. The average molecular weight is 514 g/mol. The lowest BCUT2D eigenvalue weighted by molar-refractivity contribution is -0.0498. The number of H-pyrrole nitrogens is 1. The summed E-state index contributed by atoms with van der Waals surface area (Å²) in [7, 11) is 1.69. The highest BCUT2D eigenvalue weighted by Gasteiger charge is 2.06. The first-order valence-electron chi connectivity index (χ1n) is 9.10. The van der Waals surface area contributed by atoms with E-state index in [4.69, 9.17) is 0 Å². The Labute approximate surface area is 186 Å². The van der Waals surface area contributed by atoms with Gasteiger partial charge in [-0.2, -0.15) is 8.78 Å². The van der Waals surface area contributed by atoms with Gasteiger partial charge in [-0.05, 0) is 48.2 Å². The number of fused-ring (bicyclic) bond motifs is 1. The fraction of sp³-hybridized carbons (Fsp3) is 0.286. The SMILES string of the molecule is CN=C(NCCc1c[nH]c2cc(C)ccc12)NCc1cccc(OC(F)F)c1.I. The number of aromatic amines is 1. The molecule has 0 saturated heterocycles. The number of hydrogen-bond donors (Lipinski definition) is 3. The lowest BCUT2D eigenvalue weighted by Gasteiger charge is -2.12. The number of aliphatic imine (C=N–C) groups is 1. The molecule has 3 aromatic rings. The van der Waals surface area contributed by atoms with Gasteiger partial charge in [0.15, 0.2) is 5.96 Å². The summed E-state index contributed by atoms with van der Waals surface area (Å²) in [5.74, 6) is 0.794. The molecular formula is C21H25F2IN4O. The van der Waals surface area contributed by atoms with Gasteiger partial charge < -0.3 is 20.4 Å². The van der Waals surface area contributed by atoms with Crippen molar-refractivity contribution >= 4 is 40.8 Å². The minimum Gasteiger partial charge on any atom is -0.435 e. The topological polar surface area (TPSA) is 61.4 Å². The van der Waals surface area contributed by atoms with Crippen LogP contribution in [0.4, 0.5) is 8.78 Å². The molecule has 0 spiro atoms. The van der Waals surface area contributed by atoms with Gasteiger partial charge in [0.25, 0.3) is 0 Å². The van der Waals surface area contributed by atoms with Gasteiger partial charge in [0.1, 0.15) is 5.75 Å². The van der Waals surface area contributed by atoms with Crippen LogP contribution in [0.15, 0.2) is 53.7 Å². The molecule has 0 aliphatic rings. The zero-order chi connectivity index (χ0) is 19.9. The van der Waals surface area contributed by atoms with Crippen LogP contribution in [0.3, 0.4) is 0 Å². The van der Waals surface area contributed by atoms with E-state index in [0.29, 0.717) is 12.5 Å². The monoisotopic (exact) mass is 514 g/mol. The Kier molecular flexibility index (Phi) is 8.69. The number of ether oxygens (including phenoxy) is 1. The first-order chi connectivity index (χ1) is 13.5. The second-order valence-electron chi connectivity index (χ2n) is 6.49. The van der Waals surface area contributed by atoms with E-state index in [1.165, 1.54) is 22.6 Å². The van der Waals surface area contributed by atoms with Crippen LogP contribution in [0.2, 0.25) is 0 Å². The van der Waals surface area contributed by atoms with Gasteiger partial charge in [-0.15, -0.1) is 24.0 Å². The van der Waals surface area contributed by atoms with Crippen LogP contribution in [0, 0.1) is 6.92 Å². The number of rotatable bonds is 7. The molecule has 0 saturated carbocycles. The van der Waals surface area contributed by atoms with Gasteiger partial charge in [0.2, 0.25) is 0 Å². The number of benzene rings is 2. The molecule has 0 atom stereocenters. The molecule has 156 valence electrons. The number of aryl methyl sites for hydroxylation is 1. The fourth-order valence-corrected chi connectivity index (χ4v) is 3.06. The maximum absolute atomic E-state index is 12.3. The molecule has 0 radical (unpaired) electrons. The Morgan fingerprint density at radius 1 is 1.17 bits per heavy atom. The standard InChI is InChI=1S/C21H24F2N4O.HI/c1-14-6-7-18-16(13-26-19(18)10-14)8-9-25-21(24-2)27-12-15-4-3-5-17(11-15)28-20(22)23;/h3-7,10-11,13,20,26H,8-9,12H2,1-2H3,(H2,24,25,27);1H. The van der Waals surface area contributed by atoms with E-state index >= 15 is 0 Å². The summed E-state index contributed by atoms with van der Waals surface area (Å²) in [6.45, 7) is 0.416. The van der Waals surface area contributed by atoms with Crippen molar-refractivity contribution in [3.8, 4) is 5.75 Å².